The van der Waals surface area contributed by atoms with E-state index in [1.807, 2.05) is 0 Å². The van der Waals surface area contributed by atoms with Gasteiger partial charge in [-0.1, -0.05) is 6.42 Å². The molecule has 1 aromatic heterocycles. The van der Waals surface area contributed by atoms with E-state index in [-0.39, 0.29) is 11.3 Å². The first-order valence-electron chi connectivity index (χ1n) is 5.15. The molecule has 0 aliphatic heterocycles. The second-order valence-electron chi connectivity index (χ2n) is 4.02. The normalized spacial score (nSPS) is 17.6. The fraction of sp³-hybridized carbons (Fsp3) is 0.500. The van der Waals surface area contributed by atoms with Crippen molar-refractivity contribution >= 4 is 27.7 Å². The number of nitrogens with two attached hydrogens (primary N) is 1. The summed E-state index contributed by atoms with van der Waals surface area (Å²) in [5.41, 5.74) is 5.26. The summed E-state index contributed by atoms with van der Waals surface area (Å²) in [6, 6.07) is 0. The minimum Gasteiger partial charge on any atom is -0.329 e. The van der Waals surface area contributed by atoms with Gasteiger partial charge in [0, 0.05) is 6.54 Å². The monoisotopic (exact) mass is 284 g/mol. The molecule has 1 aliphatic carbocycles. The number of amides is 1. The van der Waals surface area contributed by atoms with E-state index in [1.165, 1.54) is 6.20 Å². The molecule has 1 saturated carbocycles. The lowest BCUT2D eigenvalue weighted by Crippen LogP contribution is -2.47. The number of hydrogen-bond donors (Lipinski definition) is 2. The van der Waals surface area contributed by atoms with Gasteiger partial charge in [0.15, 0.2) is 5.82 Å². The van der Waals surface area contributed by atoms with E-state index in [0.29, 0.717) is 17.0 Å². The minimum atomic E-state index is -0.380. The number of carbonyl (C=O) groups excluding carboxylic acids is 1. The van der Waals surface area contributed by atoms with Crippen LogP contribution in [0.1, 0.15) is 19.3 Å². The summed E-state index contributed by atoms with van der Waals surface area (Å²) in [5.74, 6) is 0.422. The number of carbonyl (C=O) groups is 1. The summed E-state index contributed by atoms with van der Waals surface area (Å²) in [6.45, 7) is 0.392. The second-order valence-corrected chi connectivity index (χ2v) is 4.83. The first kappa shape index (κ1) is 11.5. The minimum absolute atomic E-state index is 0.0436. The van der Waals surface area contributed by atoms with Crippen LogP contribution in [0.25, 0.3) is 0 Å². The van der Waals surface area contributed by atoms with Crippen molar-refractivity contribution in [1.29, 1.82) is 0 Å². The highest BCUT2D eigenvalue weighted by molar-refractivity contribution is 9.10. The largest absolute Gasteiger partial charge is 0.329 e. The van der Waals surface area contributed by atoms with Gasteiger partial charge >= 0.3 is 0 Å². The molecule has 0 aromatic carbocycles. The number of rotatable bonds is 3. The quantitative estimate of drug-likeness (QED) is 0.877. The molecule has 86 valence electrons. The van der Waals surface area contributed by atoms with Gasteiger partial charge in [0.05, 0.1) is 17.8 Å². The fourth-order valence-electron chi connectivity index (χ4n) is 1.75. The van der Waals surface area contributed by atoms with Crippen molar-refractivity contribution in [2.75, 3.05) is 11.9 Å². The third-order valence-electron chi connectivity index (χ3n) is 3.05. The molecule has 0 bridgehead atoms. The van der Waals surface area contributed by atoms with E-state index in [4.69, 9.17) is 5.73 Å². The fourth-order valence-corrected chi connectivity index (χ4v) is 1.96. The third-order valence-corrected chi connectivity index (χ3v) is 3.45. The van der Waals surface area contributed by atoms with Crippen molar-refractivity contribution in [3.63, 3.8) is 0 Å². The van der Waals surface area contributed by atoms with E-state index >= 15 is 0 Å². The van der Waals surface area contributed by atoms with Gasteiger partial charge in [0.1, 0.15) is 4.60 Å². The summed E-state index contributed by atoms with van der Waals surface area (Å²) in [7, 11) is 0. The molecule has 0 spiro atoms. The molecule has 1 heterocycles. The Labute approximate surface area is 102 Å². The summed E-state index contributed by atoms with van der Waals surface area (Å²) in [5, 5.41) is 2.75. The van der Waals surface area contributed by atoms with Crippen LogP contribution < -0.4 is 11.1 Å². The van der Waals surface area contributed by atoms with Crippen LogP contribution in [-0.4, -0.2) is 22.4 Å². The van der Waals surface area contributed by atoms with Gasteiger partial charge in [0.2, 0.25) is 5.91 Å². The lowest BCUT2D eigenvalue weighted by molar-refractivity contribution is -0.129. The summed E-state index contributed by atoms with van der Waals surface area (Å²) in [6.07, 6.45) is 5.85. The van der Waals surface area contributed by atoms with Crippen LogP contribution in [0.2, 0.25) is 0 Å². The maximum atomic E-state index is 12.0. The van der Waals surface area contributed by atoms with Crippen molar-refractivity contribution in [1.82, 2.24) is 9.97 Å². The Kier molecular flexibility index (Phi) is 3.20. The molecule has 16 heavy (non-hydrogen) atoms. The number of halogens is 1. The van der Waals surface area contributed by atoms with Crippen LogP contribution in [0, 0.1) is 5.41 Å². The number of anilines is 1. The predicted octanol–water partition coefficient (Wildman–Crippen LogP) is 1.31. The Morgan fingerprint density at radius 3 is 2.69 bits per heavy atom. The number of aromatic nitrogens is 2. The van der Waals surface area contributed by atoms with Gasteiger partial charge in [0.25, 0.3) is 0 Å². The van der Waals surface area contributed by atoms with Crippen LogP contribution in [0.4, 0.5) is 5.82 Å². The van der Waals surface area contributed by atoms with Crippen molar-refractivity contribution in [2.45, 2.75) is 19.3 Å². The lowest BCUT2D eigenvalue weighted by Gasteiger charge is -2.38. The molecule has 2 rings (SSSR count). The Balaban J connectivity index is 2.04. The molecule has 1 aromatic rings. The van der Waals surface area contributed by atoms with Gasteiger partial charge in [-0.3, -0.25) is 4.79 Å². The van der Waals surface area contributed by atoms with Crippen LogP contribution in [0.15, 0.2) is 17.0 Å². The molecule has 1 fully saturated rings. The van der Waals surface area contributed by atoms with Gasteiger partial charge in [-0.2, -0.15) is 0 Å². The topological polar surface area (TPSA) is 80.9 Å². The average Bonchev–Trinajstić information content (AvgIpc) is 2.21. The van der Waals surface area contributed by atoms with Crippen molar-refractivity contribution in [2.24, 2.45) is 11.1 Å². The van der Waals surface area contributed by atoms with Crippen LogP contribution in [0.5, 0.6) is 0 Å². The SMILES string of the molecule is NCC1(C(=O)Nc2cnc(Br)cn2)CCC1. The van der Waals surface area contributed by atoms with Gasteiger partial charge in [-0.05, 0) is 28.8 Å². The zero-order valence-corrected chi connectivity index (χ0v) is 10.3. The first-order chi connectivity index (χ1) is 7.66. The lowest BCUT2D eigenvalue weighted by atomic mass is 9.68. The summed E-state index contributed by atoms with van der Waals surface area (Å²) >= 11 is 3.18. The molecule has 0 radical (unpaired) electrons. The van der Waals surface area contributed by atoms with Crippen LogP contribution in [-0.2, 0) is 4.79 Å². The van der Waals surface area contributed by atoms with Crippen molar-refractivity contribution < 1.29 is 4.79 Å². The van der Waals surface area contributed by atoms with E-state index < -0.39 is 0 Å². The molecule has 5 nitrogen and oxygen atoms in total. The standard InChI is InChI=1S/C10H13BrN4O/c11-7-4-14-8(5-13-7)15-9(16)10(6-12)2-1-3-10/h4-5H,1-3,6,12H2,(H,14,15,16). The summed E-state index contributed by atoms with van der Waals surface area (Å²) < 4.78 is 0.641. The average molecular weight is 285 g/mol. The molecule has 1 aliphatic rings. The van der Waals surface area contributed by atoms with E-state index in [1.54, 1.807) is 6.20 Å². The maximum Gasteiger partial charge on any atom is 0.233 e. The maximum absolute atomic E-state index is 12.0. The van der Waals surface area contributed by atoms with Gasteiger partial charge < -0.3 is 11.1 Å². The van der Waals surface area contributed by atoms with Crippen molar-refractivity contribution in [3.8, 4) is 0 Å². The number of nitrogens with one attached hydrogen (secondary N) is 1. The van der Waals surface area contributed by atoms with E-state index in [0.717, 1.165) is 19.3 Å². The molecule has 6 heteroatoms. The number of hydrogen-bond acceptors (Lipinski definition) is 4. The molecule has 3 N–H and O–H groups in total. The highest BCUT2D eigenvalue weighted by Gasteiger charge is 2.42. The predicted molar refractivity (Wildman–Crippen MR) is 63.7 cm³/mol. The van der Waals surface area contributed by atoms with Gasteiger partial charge in [-0.25, -0.2) is 9.97 Å². The van der Waals surface area contributed by atoms with Crippen molar-refractivity contribution in [3.05, 3.63) is 17.0 Å². The Hall–Kier alpha value is -1.01. The molecule has 1 amide bonds. The van der Waals surface area contributed by atoms with E-state index in [9.17, 15) is 4.79 Å². The van der Waals surface area contributed by atoms with Gasteiger partial charge in [-0.15, -0.1) is 0 Å². The molecule has 0 unspecified atom stereocenters. The van der Waals surface area contributed by atoms with E-state index in [2.05, 4.69) is 31.2 Å². The zero-order valence-electron chi connectivity index (χ0n) is 8.74. The molecule has 0 saturated heterocycles. The molecule has 0 atom stereocenters. The molecular formula is C10H13BrN4O. The third kappa shape index (κ3) is 2.08. The first-order valence-corrected chi connectivity index (χ1v) is 5.95. The highest BCUT2D eigenvalue weighted by atomic mass is 79.9. The Morgan fingerprint density at radius 2 is 2.25 bits per heavy atom. The number of nitrogens with zero attached hydrogens (tertiary/aromatic N) is 2. The Bertz CT molecular complexity index is 383. The Morgan fingerprint density at radius 1 is 1.50 bits per heavy atom. The van der Waals surface area contributed by atoms with Crippen LogP contribution in [0.3, 0.4) is 0 Å². The highest BCUT2D eigenvalue weighted by Crippen LogP contribution is 2.40. The smallest absolute Gasteiger partial charge is 0.233 e. The zero-order chi connectivity index (χ0) is 11.6. The second kappa shape index (κ2) is 4.47. The van der Waals surface area contributed by atoms with Crippen LogP contribution >= 0.6 is 15.9 Å². The molecular weight excluding hydrogens is 272 g/mol. The summed E-state index contributed by atoms with van der Waals surface area (Å²) in [4.78, 5) is 20.0.